The Morgan fingerprint density at radius 3 is 2.50 bits per heavy atom. The van der Waals surface area contributed by atoms with E-state index in [0.717, 1.165) is 9.94 Å². The molecule has 7 heteroatoms. The first-order chi connectivity index (χ1) is 8.51. The number of benzene rings is 1. The van der Waals surface area contributed by atoms with Gasteiger partial charge in [-0.15, -0.1) is 11.8 Å². The average Bonchev–Trinajstić information content (AvgIpc) is 2.67. The molecule has 0 saturated carbocycles. The number of aromatic hydroxyl groups is 1. The van der Waals surface area contributed by atoms with Crippen molar-refractivity contribution in [2.75, 3.05) is 6.26 Å². The molecule has 0 aliphatic carbocycles. The number of hydrogen-bond donors (Lipinski definition) is 1. The number of nitrogens with zero attached hydrogens (tertiary/aromatic N) is 1. The standard InChI is InChI=1S/C11H7Br2NO2S2/c1-17-11-14-10(16)8(18-11)4-5-2-6(12)9(15)7(13)3-5/h2-4,15H,1H3/b8-4-. The van der Waals surface area contributed by atoms with Gasteiger partial charge in [0.2, 0.25) is 0 Å². The summed E-state index contributed by atoms with van der Waals surface area (Å²) in [5.41, 5.74) is 0.819. The monoisotopic (exact) mass is 407 g/mol. The molecule has 3 nitrogen and oxygen atoms in total. The van der Waals surface area contributed by atoms with E-state index in [1.807, 2.05) is 6.26 Å². The zero-order chi connectivity index (χ0) is 13.3. The van der Waals surface area contributed by atoms with Gasteiger partial charge in [0.15, 0.2) is 0 Å². The second kappa shape index (κ2) is 5.81. The molecule has 0 atom stereocenters. The van der Waals surface area contributed by atoms with Crippen LogP contribution in [0.3, 0.4) is 0 Å². The lowest BCUT2D eigenvalue weighted by molar-refractivity contribution is -0.113. The summed E-state index contributed by atoms with van der Waals surface area (Å²) in [6.45, 7) is 0. The summed E-state index contributed by atoms with van der Waals surface area (Å²) >= 11 is 9.32. The van der Waals surface area contributed by atoms with Gasteiger partial charge in [0, 0.05) is 0 Å². The van der Waals surface area contributed by atoms with Crippen LogP contribution in [0.5, 0.6) is 5.75 Å². The van der Waals surface area contributed by atoms with Crippen molar-refractivity contribution in [3.8, 4) is 5.75 Å². The third-order valence-corrected chi connectivity index (χ3v) is 5.29. The number of aliphatic imine (C=N–C) groups is 1. The van der Waals surface area contributed by atoms with Crippen LogP contribution in [0, 0.1) is 0 Å². The number of phenolic OH excluding ortho intramolecular Hbond substituents is 1. The van der Waals surface area contributed by atoms with Crippen molar-refractivity contribution < 1.29 is 9.90 Å². The summed E-state index contributed by atoms with van der Waals surface area (Å²) in [6, 6.07) is 3.50. The number of carbonyl (C=O) groups excluding carboxylic acids is 1. The van der Waals surface area contributed by atoms with Crippen LogP contribution in [0.2, 0.25) is 0 Å². The van der Waals surface area contributed by atoms with Gasteiger partial charge in [0.05, 0.1) is 13.9 Å². The lowest BCUT2D eigenvalue weighted by Crippen LogP contribution is -1.88. The highest BCUT2D eigenvalue weighted by molar-refractivity contribution is 9.11. The predicted octanol–water partition coefficient (Wildman–Crippen LogP) is 4.25. The van der Waals surface area contributed by atoms with E-state index in [4.69, 9.17) is 0 Å². The van der Waals surface area contributed by atoms with Crippen LogP contribution in [-0.2, 0) is 4.79 Å². The Balaban J connectivity index is 2.33. The number of amides is 1. The Labute approximate surface area is 129 Å². The van der Waals surface area contributed by atoms with Gasteiger partial charge in [-0.2, -0.15) is 4.99 Å². The first-order valence-electron chi connectivity index (χ1n) is 4.76. The molecule has 94 valence electrons. The van der Waals surface area contributed by atoms with Crippen molar-refractivity contribution in [3.63, 3.8) is 0 Å². The molecule has 0 bridgehead atoms. The second-order valence-electron chi connectivity index (χ2n) is 3.33. The maximum Gasteiger partial charge on any atom is 0.285 e. The quantitative estimate of drug-likeness (QED) is 0.705. The Morgan fingerprint density at radius 2 is 2.00 bits per heavy atom. The first kappa shape index (κ1) is 14.2. The normalized spacial score (nSPS) is 17.4. The van der Waals surface area contributed by atoms with Crippen LogP contribution in [0.25, 0.3) is 6.08 Å². The zero-order valence-electron chi connectivity index (χ0n) is 9.11. The molecule has 1 aliphatic heterocycles. The molecular weight excluding hydrogens is 402 g/mol. The number of hydrogen-bond acceptors (Lipinski definition) is 4. The third-order valence-electron chi connectivity index (χ3n) is 2.11. The molecule has 18 heavy (non-hydrogen) atoms. The van der Waals surface area contributed by atoms with Crippen LogP contribution < -0.4 is 0 Å². The van der Waals surface area contributed by atoms with Gasteiger partial charge >= 0.3 is 0 Å². The minimum Gasteiger partial charge on any atom is -0.506 e. The fourth-order valence-electron chi connectivity index (χ4n) is 1.30. The van der Waals surface area contributed by atoms with Gasteiger partial charge < -0.3 is 5.11 Å². The largest absolute Gasteiger partial charge is 0.506 e. The molecule has 1 N–H and O–H groups in total. The van der Waals surface area contributed by atoms with Crippen molar-refractivity contribution in [1.82, 2.24) is 0 Å². The summed E-state index contributed by atoms with van der Waals surface area (Å²) in [5.74, 6) is -0.0757. The number of thioether (sulfide) groups is 2. The van der Waals surface area contributed by atoms with Crippen molar-refractivity contribution in [2.45, 2.75) is 0 Å². The van der Waals surface area contributed by atoms with Crippen LogP contribution in [-0.4, -0.2) is 21.6 Å². The van der Waals surface area contributed by atoms with Gasteiger partial charge in [-0.05, 0) is 61.9 Å². The maximum absolute atomic E-state index is 11.6. The Morgan fingerprint density at radius 1 is 1.39 bits per heavy atom. The van der Waals surface area contributed by atoms with Crippen LogP contribution in [0.15, 0.2) is 31.0 Å². The van der Waals surface area contributed by atoms with Gasteiger partial charge in [-0.25, -0.2) is 0 Å². The van der Waals surface area contributed by atoms with Crippen molar-refractivity contribution in [3.05, 3.63) is 31.5 Å². The molecule has 0 unspecified atom stereocenters. The molecule has 1 aliphatic rings. The molecule has 0 spiro atoms. The topological polar surface area (TPSA) is 49.7 Å². The molecule has 0 fully saturated rings. The van der Waals surface area contributed by atoms with Crippen molar-refractivity contribution in [2.24, 2.45) is 4.99 Å². The van der Waals surface area contributed by atoms with Gasteiger partial charge in [-0.3, -0.25) is 4.79 Å². The summed E-state index contributed by atoms with van der Waals surface area (Å²) in [6.07, 6.45) is 3.64. The van der Waals surface area contributed by atoms with E-state index in [2.05, 4.69) is 36.9 Å². The minimum atomic E-state index is -0.218. The first-order valence-corrected chi connectivity index (χ1v) is 8.38. The molecule has 0 saturated heterocycles. The SMILES string of the molecule is CSC1=NC(=O)/C(=C/c2cc(Br)c(O)c(Br)c2)S1. The number of rotatable bonds is 1. The number of halogens is 2. The van der Waals surface area contributed by atoms with Gasteiger partial charge in [0.1, 0.15) is 10.1 Å². The van der Waals surface area contributed by atoms with E-state index in [9.17, 15) is 9.90 Å². The smallest absolute Gasteiger partial charge is 0.285 e. The van der Waals surface area contributed by atoms with E-state index in [1.165, 1.54) is 23.5 Å². The molecule has 2 rings (SSSR count). The second-order valence-corrected chi connectivity index (χ2v) is 7.12. The highest BCUT2D eigenvalue weighted by atomic mass is 79.9. The summed E-state index contributed by atoms with van der Waals surface area (Å²) in [5, 5.41) is 9.61. The molecule has 0 radical (unpaired) electrons. The van der Waals surface area contributed by atoms with Crippen LogP contribution in [0.4, 0.5) is 0 Å². The Kier molecular flexibility index (Phi) is 4.58. The highest BCUT2D eigenvalue weighted by Gasteiger charge is 2.21. The summed E-state index contributed by atoms with van der Waals surface area (Å²) in [7, 11) is 0. The zero-order valence-corrected chi connectivity index (χ0v) is 13.9. The summed E-state index contributed by atoms with van der Waals surface area (Å²) < 4.78 is 1.90. The molecular formula is C11H7Br2NO2S2. The molecule has 1 heterocycles. The predicted molar refractivity (Wildman–Crippen MR) is 85.0 cm³/mol. The lowest BCUT2D eigenvalue weighted by Gasteiger charge is -2.03. The van der Waals surface area contributed by atoms with E-state index < -0.39 is 0 Å². The number of carbonyl (C=O) groups is 1. The van der Waals surface area contributed by atoms with E-state index >= 15 is 0 Å². The summed E-state index contributed by atoms with van der Waals surface area (Å²) in [4.78, 5) is 16.1. The fourth-order valence-corrected chi connectivity index (χ4v) is 3.94. The van der Waals surface area contributed by atoms with Crippen LogP contribution in [0.1, 0.15) is 5.56 Å². The Hall–Kier alpha value is -0.240. The minimum absolute atomic E-state index is 0.142. The van der Waals surface area contributed by atoms with E-state index in [0.29, 0.717) is 13.9 Å². The lowest BCUT2D eigenvalue weighted by atomic mass is 10.2. The number of phenols is 1. The third kappa shape index (κ3) is 3.01. The average molecular weight is 409 g/mol. The van der Waals surface area contributed by atoms with Gasteiger partial charge in [-0.1, -0.05) is 11.8 Å². The molecule has 0 aromatic heterocycles. The molecule has 1 aromatic carbocycles. The van der Waals surface area contributed by atoms with E-state index in [-0.39, 0.29) is 11.7 Å². The van der Waals surface area contributed by atoms with Crippen LogP contribution >= 0.6 is 55.4 Å². The Bertz CT molecular complexity index is 561. The fraction of sp³-hybridized carbons (Fsp3) is 0.0909. The van der Waals surface area contributed by atoms with E-state index in [1.54, 1.807) is 18.2 Å². The molecule has 1 amide bonds. The molecule has 1 aromatic rings. The van der Waals surface area contributed by atoms with Crippen molar-refractivity contribution >= 4 is 71.7 Å². The van der Waals surface area contributed by atoms with Gasteiger partial charge in [0.25, 0.3) is 5.91 Å². The highest BCUT2D eigenvalue weighted by Crippen LogP contribution is 2.36. The maximum atomic E-state index is 11.6. The van der Waals surface area contributed by atoms with Crippen molar-refractivity contribution in [1.29, 1.82) is 0 Å².